The average molecular weight is 1230 g/mol. The molecule has 6 aliphatic rings. The number of para-hydroxylation sites is 1. The number of ether oxygens (including phenoxy) is 2. The van der Waals surface area contributed by atoms with Crippen LogP contribution in [0.4, 0.5) is 4.39 Å². The first-order chi connectivity index (χ1) is 41.4. The Kier molecular flexibility index (Phi) is 26.0. The predicted octanol–water partition coefficient (Wildman–Crippen LogP) is -2.46. The summed E-state index contributed by atoms with van der Waals surface area (Å²) in [5, 5.41) is 121. The van der Waals surface area contributed by atoms with Crippen LogP contribution in [0.1, 0.15) is 137 Å². The number of rotatable bonds is 9. The van der Waals surface area contributed by atoms with Gasteiger partial charge in [0.2, 0.25) is 0 Å². The van der Waals surface area contributed by atoms with Crippen LogP contribution >= 0.6 is 0 Å². The monoisotopic (exact) mass is 1230 g/mol. The Morgan fingerprint density at radius 3 is 1.20 bits per heavy atom. The van der Waals surface area contributed by atoms with E-state index in [1.54, 1.807) is 43.3 Å². The third-order valence-electron chi connectivity index (χ3n) is 15.1. The summed E-state index contributed by atoms with van der Waals surface area (Å²) in [6, 6.07) is 14.0. The topological polar surface area (TPSA) is 436 Å². The molecule has 0 bridgehead atoms. The van der Waals surface area contributed by atoms with Gasteiger partial charge in [-0.05, 0) is 110 Å². The van der Waals surface area contributed by atoms with Crippen molar-refractivity contribution < 1.29 is 131 Å². The van der Waals surface area contributed by atoms with Crippen LogP contribution in [0.25, 0.3) is 0 Å². The van der Waals surface area contributed by atoms with Crippen LogP contribution in [0.3, 0.4) is 0 Å². The van der Waals surface area contributed by atoms with Crippen LogP contribution < -0.4 is 58.7 Å². The Balaban J connectivity index is 0.000000194. The molecule has 472 valence electrons. The van der Waals surface area contributed by atoms with E-state index in [-0.39, 0.29) is 98.6 Å². The van der Waals surface area contributed by atoms with Gasteiger partial charge in [0, 0.05) is 47.3 Å². The van der Waals surface area contributed by atoms with E-state index in [4.69, 9.17) is 42.4 Å². The number of carbonyl (C=O) groups excluding carboxylic acids is 6. The van der Waals surface area contributed by atoms with Crippen LogP contribution in [-0.2, 0) is 44.6 Å². The highest BCUT2D eigenvalue weighted by molar-refractivity contribution is 6.48. The molecule has 6 heterocycles. The summed E-state index contributed by atoms with van der Waals surface area (Å²) in [5.74, 6) is -8.43. The van der Waals surface area contributed by atoms with Gasteiger partial charge in [-0.1, -0.05) is 71.9 Å². The molecule has 10 rings (SSSR count). The quantitative estimate of drug-likeness (QED) is 0.0947. The number of carboxylic acid groups (broad SMARTS) is 6. The number of benzene rings is 4. The fourth-order valence-corrected chi connectivity index (χ4v) is 9.83. The zero-order valence-electron chi connectivity index (χ0n) is 49.4. The van der Waals surface area contributed by atoms with Gasteiger partial charge in [0.1, 0.15) is 40.3 Å². The van der Waals surface area contributed by atoms with Gasteiger partial charge in [-0.2, -0.15) is 0 Å². The minimum Gasteiger partial charge on any atom is -0.550 e. The second-order valence-corrected chi connectivity index (χ2v) is 22.0. The summed E-state index contributed by atoms with van der Waals surface area (Å²) in [4.78, 5) is 64.2. The van der Waals surface area contributed by atoms with Gasteiger partial charge in [-0.15, -0.1) is 0 Å². The lowest BCUT2D eigenvalue weighted by Gasteiger charge is -2.29. The van der Waals surface area contributed by atoms with Gasteiger partial charge in [-0.25, -0.2) is 4.39 Å². The summed E-state index contributed by atoms with van der Waals surface area (Å²) in [7, 11) is -3.10. The molecule has 2 fully saturated rings. The summed E-state index contributed by atoms with van der Waals surface area (Å²) in [6.45, 7) is 11.0. The third-order valence-corrected chi connectivity index (χ3v) is 15.1. The highest BCUT2D eigenvalue weighted by Gasteiger charge is 2.38. The Hall–Kier alpha value is -7.50. The molecule has 0 radical (unpaired) electrons. The number of methoxy groups -OCH3 is 2. The molecule has 0 spiro atoms. The van der Waals surface area contributed by atoms with E-state index >= 15 is 0 Å². The predicted molar refractivity (Wildman–Crippen MR) is 301 cm³/mol. The van der Waals surface area contributed by atoms with Gasteiger partial charge in [0.15, 0.2) is 0 Å². The largest absolute Gasteiger partial charge is 0.550 e. The first-order valence-electron chi connectivity index (χ1n) is 28.0. The highest BCUT2D eigenvalue weighted by atomic mass is 19.1. The fourth-order valence-electron chi connectivity index (χ4n) is 9.83. The molecule has 26 nitrogen and oxygen atoms in total. The molecule has 88 heavy (non-hydrogen) atoms. The minimum atomic E-state index is -1.64. The minimum absolute atomic E-state index is 0.00144. The lowest BCUT2D eigenvalue weighted by molar-refractivity contribution is -0.315. The first kappa shape index (κ1) is 71.3. The number of carboxylic acids is 6. The summed E-state index contributed by atoms with van der Waals surface area (Å²) in [5.41, 5.74) is 1.94. The van der Waals surface area contributed by atoms with Crippen LogP contribution in [0.5, 0.6) is 34.5 Å². The zero-order valence-corrected chi connectivity index (χ0v) is 49.4. The van der Waals surface area contributed by atoms with E-state index in [0.29, 0.717) is 50.5 Å². The normalized spacial score (nSPS) is 21.9. The molecule has 6 N–H and O–H groups in total. The molecule has 0 saturated carbocycles. The van der Waals surface area contributed by atoms with Crippen molar-refractivity contribution in [1.82, 2.24) is 0 Å². The Morgan fingerprint density at radius 2 is 0.841 bits per heavy atom. The maximum Gasteiger partial charge on any atom is 0.525 e. The summed E-state index contributed by atoms with van der Waals surface area (Å²) >= 11 is 0. The molecular weight excluding hydrogens is 1160 g/mol. The number of hydrogen-bond donors (Lipinski definition) is 6. The highest BCUT2D eigenvalue weighted by Crippen LogP contribution is 2.41. The average Bonchev–Trinajstić information content (AvgIpc) is 2.56. The maximum absolute atomic E-state index is 13.3. The first-order valence-corrected chi connectivity index (χ1v) is 28.0. The molecule has 4 aromatic rings. The third kappa shape index (κ3) is 18.5. The second-order valence-electron chi connectivity index (χ2n) is 22.0. The Morgan fingerprint density at radius 1 is 0.466 bits per heavy atom. The van der Waals surface area contributed by atoms with Gasteiger partial charge < -0.3 is 127 Å². The molecule has 4 aromatic carbocycles. The molecule has 0 unspecified atom stereocenters. The molecule has 8 atom stereocenters. The van der Waals surface area contributed by atoms with Crippen molar-refractivity contribution in [2.24, 2.45) is 0 Å². The smallest absolute Gasteiger partial charge is 0.525 e. The zero-order chi connectivity index (χ0) is 65.6. The molecule has 6 aliphatic heterocycles. The van der Waals surface area contributed by atoms with Crippen molar-refractivity contribution in [3.8, 4) is 34.5 Å². The van der Waals surface area contributed by atoms with Crippen LogP contribution in [-0.4, -0.2) is 135 Å². The molecular formula is C55H65B6FO26-6. The number of halogens is 1. The SMILES string of the molecule is COc1ccc2c(c1C(=O)[O-])OB(O)[C@@H](C)C2.COc1ccc2c(c1C(=O)[O-])OB(O)[C@@H](C)C2.C[C@H]1CC[C@@H](CC(=O)[O-])OB1O.C[C@H]1CC[C@H](C(=O)[O-])OB1O.C[C@H]1Cc2ccc(F)c(C(=O)[O-])c2OB1O.C[C@H]1Cc2cccc(C(=O)[O-])c2OB1O. The van der Waals surface area contributed by atoms with Crippen molar-refractivity contribution in [1.29, 1.82) is 0 Å². The Labute approximate surface area is 508 Å². The molecule has 0 amide bonds. The lowest BCUT2D eigenvalue weighted by atomic mass is 9.68. The van der Waals surface area contributed by atoms with Crippen LogP contribution in [0.15, 0.2) is 54.6 Å². The summed E-state index contributed by atoms with van der Waals surface area (Å²) < 4.78 is 53.6. The number of hydrogen-bond acceptors (Lipinski definition) is 26. The molecule has 33 heteroatoms. The molecule has 0 aliphatic carbocycles. The fraction of sp³-hybridized carbons (Fsp3) is 0.455. The number of carbonyl (C=O) groups is 6. The molecule has 0 aromatic heterocycles. The van der Waals surface area contributed by atoms with Crippen LogP contribution in [0, 0.1) is 5.82 Å². The van der Waals surface area contributed by atoms with E-state index in [1.807, 2.05) is 34.6 Å². The van der Waals surface area contributed by atoms with Crippen molar-refractivity contribution in [3.05, 3.63) is 105 Å². The van der Waals surface area contributed by atoms with E-state index < -0.39 is 96.0 Å². The van der Waals surface area contributed by atoms with Crippen molar-refractivity contribution in [3.63, 3.8) is 0 Å². The van der Waals surface area contributed by atoms with Gasteiger partial charge in [0.05, 0.1) is 66.9 Å². The van der Waals surface area contributed by atoms with Crippen molar-refractivity contribution in [2.45, 2.75) is 146 Å². The standard InChI is InChI=1S/2C11H13BO5.C10H10BFO4.C10H11BO4.C7H13BO4.C6H11BO4/c2*1-6-5-7-3-4-8(16-2)9(11(13)14)10(7)17-12(6)15;1-5-4-6-2-3-7(12)8(10(13)14)9(6)16-11(5)15;1-6-5-7-3-2-4-8(10(12)13)9(7)15-11(6)14;1-5-2-3-6(4-7(9)10)12-8(5)11;1-4-2-3-5(6(8)9)11-7(4)10/h2*3-4,6,15H,5H2,1-2H3,(H,13,14);2-3,5,15H,4H2,1H3,(H,13,14);2-4,6,14H,5H2,1H3,(H,12,13);5-6,11H,2-4H2,1H3,(H,9,10);4-5,10H,2-3H2,1H3,(H,8,9)/p-6/t2*6-;5-;6-;5-,6-;4-,5+/m000000/s1. The van der Waals surface area contributed by atoms with Crippen LogP contribution in [0.2, 0.25) is 34.9 Å². The second kappa shape index (κ2) is 32.1. The van der Waals surface area contributed by atoms with Crippen molar-refractivity contribution >= 4 is 78.5 Å². The van der Waals surface area contributed by atoms with Gasteiger partial charge >= 0.3 is 42.7 Å². The van der Waals surface area contributed by atoms with E-state index in [2.05, 4.69) is 0 Å². The van der Waals surface area contributed by atoms with E-state index in [1.165, 1.54) is 26.4 Å². The maximum atomic E-state index is 13.3. The number of aliphatic carboxylic acids is 2. The van der Waals surface area contributed by atoms with Gasteiger partial charge in [-0.3, -0.25) is 0 Å². The number of aromatic carboxylic acids is 4. The number of fused-ring (bicyclic) bond motifs is 4. The van der Waals surface area contributed by atoms with Gasteiger partial charge in [0.25, 0.3) is 0 Å². The van der Waals surface area contributed by atoms with E-state index in [9.17, 15) is 88.9 Å². The summed E-state index contributed by atoms with van der Waals surface area (Å²) in [6.07, 6.45) is 3.33. The Bertz CT molecular complexity index is 3040. The van der Waals surface area contributed by atoms with E-state index in [0.717, 1.165) is 29.2 Å². The molecule has 2 saturated heterocycles. The lowest BCUT2D eigenvalue weighted by Crippen LogP contribution is -2.45. The van der Waals surface area contributed by atoms with Crippen molar-refractivity contribution in [2.75, 3.05) is 14.2 Å².